The third-order valence-electron chi connectivity index (χ3n) is 2.42. The number of hydrogen-bond acceptors (Lipinski definition) is 3. The van der Waals surface area contributed by atoms with Crippen molar-refractivity contribution in [2.24, 2.45) is 0 Å². The zero-order valence-corrected chi connectivity index (χ0v) is 10.5. The first-order valence-electron chi connectivity index (χ1n) is 5.68. The Balaban J connectivity index is 2.48. The average Bonchev–Trinajstić information content (AvgIpc) is 2.35. The van der Waals surface area contributed by atoms with Crippen molar-refractivity contribution in [3.63, 3.8) is 0 Å². The van der Waals surface area contributed by atoms with Gasteiger partial charge in [-0.3, -0.25) is 9.59 Å². The SMILES string of the molecule is CNC(=O)CCCOc1ccc(C(C)=O)cc1F. The summed E-state index contributed by atoms with van der Waals surface area (Å²) in [4.78, 5) is 22.0. The van der Waals surface area contributed by atoms with Crippen LogP contribution in [0.3, 0.4) is 0 Å². The highest BCUT2D eigenvalue weighted by Crippen LogP contribution is 2.18. The zero-order chi connectivity index (χ0) is 13.5. The van der Waals surface area contributed by atoms with Crippen LogP contribution in [0.15, 0.2) is 18.2 Å². The lowest BCUT2D eigenvalue weighted by Crippen LogP contribution is -2.18. The van der Waals surface area contributed by atoms with Crippen LogP contribution in [0.25, 0.3) is 0 Å². The van der Waals surface area contributed by atoms with Crippen molar-refractivity contribution in [3.8, 4) is 5.75 Å². The number of ether oxygens (including phenoxy) is 1. The van der Waals surface area contributed by atoms with Crippen LogP contribution in [0.2, 0.25) is 0 Å². The van der Waals surface area contributed by atoms with Crippen molar-refractivity contribution in [1.82, 2.24) is 5.32 Å². The van der Waals surface area contributed by atoms with Gasteiger partial charge in [0.1, 0.15) is 0 Å². The largest absolute Gasteiger partial charge is 0.491 e. The van der Waals surface area contributed by atoms with Crippen LogP contribution in [-0.4, -0.2) is 25.3 Å². The molecule has 1 aromatic rings. The Hall–Kier alpha value is -1.91. The lowest BCUT2D eigenvalue weighted by Gasteiger charge is -2.07. The number of hydrogen-bond donors (Lipinski definition) is 1. The Labute approximate surface area is 105 Å². The first kappa shape index (κ1) is 14.2. The average molecular weight is 253 g/mol. The van der Waals surface area contributed by atoms with E-state index in [1.165, 1.54) is 19.1 Å². The van der Waals surface area contributed by atoms with Crippen LogP contribution in [0.5, 0.6) is 5.75 Å². The van der Waals surface area contributed by atoms with E-state index in [-0.39, 0.29) is 24.0 Å². The lowest BCUT2D eigenvalue weighted by molar-refractivity contribution is -0.120. The Bertz CT molecular complexity index is 446. The zero-order valence-electron chi connectivity index (χ0n) is 10.5. The summed E-state index contributed by atoms with van der Waals surface area (Å²) in [6.07, 6.45) is 0.844. The van der Waals surface area contributed by atoms with Crippen molar-refractivity contribution in [2.45, 2.75) is 19.8 Å². The van der Waals surface area contributed by atoms with Gasteiger partial charge in [-0.2, -0.15) is 0 Å². The molecular formula is C13H16FNO3. The summed E-state index contributed by atoms with van der Waals surface area (Å²) in [5.41, 5.74) is 0.310. The molecule has 1 amide bonds. The van der Waals surface area contributed by atoms with Gasteiger partial charge in [0.25, 0.3) is 0 Å². The molecule has 0 fully saturated rings. The minimum absolute atomic E-state index is 0.0778. The quantitative estimate of drug-likeness (QED) is 0.622. The topological polar surface area (TPSA) is 55.4 Å². The van der Waals surface area contributed by atoms with E-state index in [0.717, 1.165) is 6.07 Å². The molecule has 0 saturated carbocycles. The predicted molar refractivity (Wildman–Crippen MR) is 65.2 cm³/mol. The van der Waals surface area contributed by atoms with E-state index in [4.69, 9.17) is 4.74 Å². The van der Waals surface area contributed by atoms with E-state index in [9.17, 15) is 14.0 Å². The number of ketones is 1. The molecule has 0 unspecified atom stereocenters. The molecule has 0 saturated heterocycles. The molecule has 1 rings (SSSR count). The molecule has 1 N–H and O–H groups in total. The Morgan fingerprint density at radius 1 is 1.39 bits per heavy atom. The molecule has 0 bridgehead atoms. The van der Waals surface area contributed by atoms with Gasteiger partial charge in [-0.1, -0.05) is 0 Å². The molecule has 0 aromatic heterocycles. The Kier molecular flexibility index (Phi) is 5.30. The van der Waals surface area contributed by atoms with E-state index in [1.54, 1.807) is 7.05 Å². The summed E-state index contributed by atoms with van der Waals surface area (Å²) in [6.45, 7) is 1.63. The molecule has 0 radical (unpaired) electrons. The van der Waals surface area contributed by atoms with Gasteiger partial charge < -0.3 is 10.1 Å². The van der Waals surface area contributed by atoms with Crippen LogP contribution in [0.4, 0.5) is 4.39 Å². The van der Waals surface area contributed by atoms with Crippen molar-refractivity contribution in [3.05, 3.63) is 29.6 Å². The molecule has 98 valence electrons. The van der Waals surface area contributed by atoms with Gasteiger partial charge in [-0.15, -0.1) is 0 Å². The Morgan fingerprint density at radius 3 is 2.67 bits per heavy atom. The second-order valence-electron chi connectivity index (χ2n) is 3.83. The van der Waals surface area contributed by atoms with Gasteiger partial charge in [0.05, 0.1) is 6.61 Å². The van der Waals surface area contributed by atoms with Crippen molar-refractivity contribution in [2.75, 3.05) is 13.7 Å². The summed E-state index contributed by atoms with van der Waals surface area (Å²) in [6, 6.07) is 4.09. The summed E-state index contributed by atoms with van der Waals surface area (Å²) in [7, 11) is 1.56. The molecule has 0 aliphatic heterocycles. The standard InChI is InChI=1S/C13H16FNO3/c1-9(16)10-5-6-12(11(14)8-10)18-7-3-4-13(17)15-2/h5-6,8H,3-4,7H2,1-2H3,(H,15,17). The molecule has 18 heavy (non-hydrogen) atoms. The number of carbonyl (C=O) groups excluding carboxylic acids is 2. The third kappa shape index (κ3) is 4.16. The fourth-order valence-corrected chi connectivity index (χ4v) is 1.38. The molecule has 0 aliphatic carbocycles. The maximum Gasteiger partial charge on any atom is 0.219 e. The van der Waals surface area contributed by atoms with Crippen LogP contribution in [0.1, 0.15) is 30.1 Å². The molecule has 0 atom stereocenters. The van der Waals surface area contributed by atoms with Gasteiger partial charge in [-0.25, -0.2) is 4.39 Å². The predicted octanol–water partition coefficient (Wildman–Crippen LogP) is 1.93. The van der Waals surface area contributed by atoms with Gasteiger partial charge in [-0.05, 0) is 31.5 Å². The fourth-order valence-electron chi connectivity index (χ4n) is 1.38. The summed E-state index contributed by atoms with van der Waals surface area (Å²) in [5, 5.41) is 2.49. The molecular weight excluding hydrogens is 237 g/mol. The minimum Gasteiger partial charge on any atom is -0.491 e. The first-order chi connectivity index (χ1) is 8.54. The normalized spacial score (nSPS) is 9.94. The first-order valence-corrected chi connectivity index (χ1v) is 5.68. The van der Waals surface area contributed by atoms with Crippen molar-refractivity contribution in [1.29, 1.82) is 0 Å². The van der Waals surface area contributed by atoms with E-state index < -0.39 is 5.82 Å². The van der Waals surface area contributed by atoms with Crippen molar-refractivity contribution < 1.29 is 18.7 Å². The van der Waals surface area contributed by atoms with Crippen LogP contribution in [-0.2, 0) is 4.79 Å². The van der Waals surface area contributed by atoms with Crippen LogP contribution < -0.4 is 10.1 Å². The number of nitrogens with one attached hydrogen (secondary N) is 1. The van der Waals surface area contributed by atoms with E-state index >= 15 is 0 Å². The molecule has 5 heteroatoms. The van der Waals surface area contributed by atoms with Crippen LogP contribution in [0, 0.1) is 5.82 Å². The highest BCUT2D eigenvalue weighted by atomic mass is 19.1. The highest BCUT2D eigenvalue weighted by Gasteiger charge is 2.07. The summed E-state index contributed by atoms with van der Waals surface area (Å²) in [5.74, 6) is -0.745. The maximum absolute atomic E-state index is 13.5. The second kappa shape index (κ2) is 6.74. The molecule has 0 heterocycles. The molecule has 0 spiro atoms. The van der Waals surface area contributed by atoms with Crippen molar-refractivity contribution >= 4 is 11.7 Å². The molecule has 4 nitrogen and oxygen atoms in total. The number of Topliss-reactive ketones (excluding diaryl/α,β-unsaturated/α-hetero) is 1. The summed E-state index contributed by atoms with van der Waals surface area (Å²) >= 11 is 0. The van der Waals surface area contributed by atoms with E-state index in [1.807, 2.05) is 0 Å². The molecule has 1 aromatic carbocycles. The monoisotopic (exact) mass is 253 g/mol. The highest BCUT2D eigenvalue weighted by molar-refractivity contribution is 5.94. The number of amides is 1. The lowest BCUT2D eigenvalue weighted by atomic mass is 10.1. The number of rotatable bonds is 6. The molecule has 0 aliphatic rings. The smallest absolute Gasteiger partial charge is 0.219 e. The summed E-state index contributed by atoms with van der Waals surface area (Å²) < 4.78 is 18.7. The van der Waals surface area contributed by atoms with Gasteiger partial charge in [0, 0.05) is 19.0 Å². The number of benzene rings is 1. The van der Waals surface area contributed by atoms with Gasteiger partial charge in [0.15, 0.2) is 17.3 Å². The number of carbonyl (C=O) groups is 2. The third-order valence-corrected chi connectivity index (χ3v) is 2.42. The van der Waals surface area contributed by atoms with Crippen LogP contribution >= 0.6 is 0 Å². The van der Waals surface area contributed by atoms with E-state index in [2.05, 4.69) is 5.32 Å². The van der Waals surface area contributed by atoms with Gasteiger partial charge in [0.2, 0.25) is 5.91 Å². The maximum atomic E-state index is 13.5. The minimum atomic E-state index is -0.567. The van der Waals surface area contributed by atoms with E-state index in [0.29, 0.717) is 18.4 Å². The Morgan fingerprint density at radius 2 is 2.11 bits per heavy atom. The number of halogens is 1. The fraction of sp³-hybridized carbons (Fsp3) is 0.385. The second-order valence-corrected chi connectivity index (χ2v) is 3.83. The van der Waals surface area contributed by atoms with Gasteiger partial charge >= 0.3 is 0 Å².